The van der Waals surface area contributed by atoms with Crippen LogP contribution in [0.1, 0.15) is 22.3 Å². The van der Waals surface area contributed by atoms with Gasteiger partial charge in [0.1, 0.15) is 0 Å². The van der Waals surface area contributed by atoms with Crippen molar-refractivity contribution in [1.82, 2.24) is 0 Å². The fraction of sp³-hybridized carbons (Fsp3) is 0.0244. The minimum absolute atomic E-state index is 0.433. The number of thiophene rings is 1. The number of hydrogen-bond donors (Lipinski definition) is 0. The maximum atomic E-state index is 2.43. The van der Waals surface area contributed by atoms with E-state index >= 15 is 0 Å². The Labute approximate surface area is 256 Å². The SMILES string of the molecule is c1ccc(N2c3ccccc3C3(c4ccccc4-c4c(-c5ccc(-c6cccs6)cc5)cccc43)c3ccccc32)cc1. The van der Waals surface area contributed by atoms with E-state index < -0.39 is 5.41 Å². The van der Waals surface area contributed by atoms with Gasteiger partial charge in [0.15, 0.2) is 0 Å². The van der Waals surface area contributed by atoms with E-state index in [1.54, 1.807) is 11.3 Å². The Kier molecular flexibility index (Phi) is 5.35. The molecule has 2 heterocycles. The molecule has 2 heteroatoms. The Morgan fingerprint density at radius 1 is 0.419 bits per heavy atom. The quantitative estimate of drug-likeness (QED) is 0.206. The van der Waals surface area contributed by atoms with Crippen molar-refractivity contribution >= 4 is 28.4 Å². The average Bonchev–Trinajstić information content (AvgIpc) is 3.72. The summed E-state index contributed by atoms with van der Waals surface area (Å²) in [5.74, 6) is 0. The van der Waals surface area contributed by atoms with Crippen molar-refractivity contribution in [2.45, 2.75) is 5.41 Å². The summed E-state index contributed by atoms with van der Waals surface area (Å²) < 4.78 is 0. The smallest absolute Gasteiger partial charge is 0.0754 e. The summed E-state index contributed by atoms with van der Waals surface area (Å²) in [7, 11) is 0. The molecule has 0 radical (unpaired) electrons. The summed E-state index contributed by atoms with van der Waals surface area (Å²) >= 11 is 1.78. The van der Waals surface area contributed by atoms with Gasteiger partial charge in [0.2, 0.25) is 0 Å². The molecule has 9 rings (SSSR count). The van der Waals surface area contributed by atoms with Crippen LogP contribution in [0.4, 0.5) is 17.1 Å². The van der Waals surface area contributed by atoms with Crippen LogP contribution in [-0.4, -0.2) is 0 Å². The molecule has 1 nitrogen and oxygen atoms in total. The van der Waals surface area contributed by atoms with Gasteiger partial charge in [-0.05, 0) is 85.8 Å². The van der Waals surface area contributed by atoms with Crippen molar-refractivity contribution in [2.24, 2.45) is 0 Å². The zero-order chi connectivity index (χ0) is 28.4. The van der Waals surface area contributed by atoms with Gasteiger partial charge in [-0.2, -0.15) is 0 Å². The van der Waals surface area contributed by atoms with Crippen LogP contribution in [0.3, 0.4) is 0 Å². The van der Waals surface area contributed by atoms with Crippen molar-refractivity contribution in [3.8, 4) is 32.7 Å². The first kappa shape index (κ1) is 24.4. The normalized spacial score (nSPS) is 13.7. The molecular weight excluding hydrogens is 539 g/mol. The van der Waals surface area contributed by atoms with Crippen molar-refractivity contribution in [2.75, 3.05) is 4.90 Å². The van der Waals surface area contributed by atoms with Gasteiger partial charge < -0.3 is 4.90 Å². The molecule has 0 fully saturated rings. The second-order valence-electron chi connectivity index (χ2n) is 11.3. The number of nitrogens with zero attached hydrogens (tertiary/aromatic N) is 1. The second kappa shape index (κ2) is 9.42. The van der Waals surface area contributed by atoms with Gasteiger partial charge in [-0.3, -0.25) is 0 Å². The lowest BCUT2D eigenvalue weighted by Gasteiger charge is -2.45. The highest BCUT2D eigenvalue weighted by Crippen LogP contribution is 2.64. The van der Waals surface area contributed by atoms with Crippen LogP contribution in [-0.2, 0) is 5.41 Å². The number of benzene rings is 6. The fourth-order valence-corrected chi connectivity index (χ4v) is 8.24. The molecule has 0 saturated heterocycles. The molecule has 1 aliphatic heterocycles. The third-order valence-electron chi connectivity index (χ3n) is 9.18. The van der Waals surface area contributed by atoms with E-state index in [-0.39, 0.29) is 0 Å². The van der Waals surface area contributed by atoms with E-state index in [1.807, 2.05) is 0 Å². The van der Waals surface area contributed by atoms with E-state index in [2.05, 4.69) is 168 Å². The number of hydrogen-bond acceptors (Lipinski definition) is 2. The predicted octanol–water partition coefficient (Wildman–Crippen LogP) is 11.2. The van der Waals surface area contributed by atoms with Crippen LogP contribution in [0.15, 0.2) is 163 Å². The highest BCUT2D eigenvalue weighted by atomic mass is 32.1. The van der Waals surface area contributed by atoms with Gasteiger partial charge in [0, 0.05) is 10.6 Å². The summed E-state index contributed by atoms with van der Waals surface area (Å²) in [4.78, 5) is 3.73. The number of anilines is 3. The van der Waals surface area contributed by atoms with Gasteiger partial charge in [-0.1, -0.05) is 127 Å². The molecule has 1 spiro atoms. The molecule has 0 bridgehead atoms. The molecule has 202 valence electrons. The van der Waals surface area contributed by atoms with E-state index in [1.165, 1.54) is 72.0 Å². The topological polar surface area (TPSA) is 3.24 Å². The molecule has 43 heavy (non-hydrogen) atoms. The third-order valence-corrected chi connectivity index (χ3v) is 10.1. The van der Waals surface area contributed by atoms with Crippen molar-refractivity contribution in [3.63, 3.8) is 0 Å². The van der Waals surface area contributed by atoms with Crippen molar-refractivity contribution < 1.29 is 0 Å². The van der Waals surface area contributed by atoms with Gasteiger partial charge in [0.05, 0.1) is 16.8 Å². The average molecular weight is 566 g/mol. The number of para-hydroxylation sites is 3. The van der Waals surface area contributed by atoms with E-state index in [0.717, 1.165) is 0 Å². The van der Waals surface area contributed by atoms with Crippen LogP contribution < -0.4 is 4.90 Å². The largest absolute Gasteiger partial charge is 0.310 e. The van der Waals surface area contributed by atoms with Crippen LogP contribution in [0.25, 0.3) is 32.7 Å². The first-order chi connectivity index (χ1) is 21.4. The molecule has 7 aromatic rings. The molecule has 1 aliphatic carbocycles. The fourth-order valence-electron chi connectivity index (χ4n) is 7.51. The Hall–Kier alpha value is -5.18. The minimum Gasteiger partial charge on any atom is -0.310 e. The zero-order valence-electron chi connectivity index (χ0n) is 23.4. The Morgan fingerprint density at radius 2 is 1.00 bits per heavy atom. The van der Waals surface area contributed by atoms with Crippen LogP contribution in [0.2, 0.25) is 0 Å². The first-order valence-electron chi connectivity index (χ1n) is 14.8. The molecule has 0 unspecified atom stereocenters. The van der Waals surface area contributed by atoms with Gasteiger partial charge in [-0.25, -0.2) is 0 Å². The lowest BCUT2D eigenvalue weighted by atomic mass is 9.64. The molecular formula is C41H27NS. The zero-order valence-corrected chi connectivity index (χ0v) is 24.3. The second-order valence-corrected chi connectivity index (χ2v) is 12.2. The van der Waals surface area contributed by atoms with Crippen LogP contribution >= 0.6 is 11.3 Å². The first-order valence-corrected chi connectivity index (χ1v) is 15.7. The molecule has 6 aromatic carbocycles. The van der Waals surface area contributed by atoms with Gasteiger partial charge in [-0.15, -0.1) is 11.3 Å². The van der Waals surface area contributed by atoms with E-state index in [4.69, 9.17) is 0 Å². The molecule has 1 aromatic heterocycles. The summed E-state index contributed by atoms with van der Waals surface area (Å²) in [5, 5.41) is 2.14. The summed E-state index contributed by atoms with van der Waals surface area (Å²) in [6.45, 7) is 0. The third kappa shape index (κ3) is 3.39. The number of fused-ring (bicyclic) bond motifs is 9. The Balaban J connectivity index is 1.35. The molecule has 2 aliphatic rings. The Bertz CT molecular complexity index is 2080. The highest BCUT2D eigenvalue weighted by molar-refractivity contribution is 7.13. The lowest BCUT2D eigenvalue weighted by molar-refractivity contribution is 0.753. The number of rotatable bonds is 3. The van der Waals surface area contributed by atoms with Gasteiger partial charge >= 0.3 is 0 Å². The molecule has 0 N–H and O–H groups in total. The Morgan fingerprint density at radius 3 is 1.70 bits per heavy atom. The summed E-state index contributed by atoms with van der Waals surface area (Å²) in [6, 6.07) is 58.2. The van der Waals surface area contributed by atoms with E-state index in [9.17, 15) is 0 Å². The monoisotopic (exact) mass is 565 g/mol. The molecule has 0 amide bonds. The van der Waals surface area contributed by atoms with Gasteiger partial charge in [0.25, 0.3) is 0 Å². The summed E-state index contributed by atoms with van der Waals surface area (Å²) in [6.07, 6.45) is 0. The molecule has 0 atom stereocenters. The lowest BCUT2D eigenvalue weighted by Crippen LogP contribution is -2.36. The van der Waals surface area contributed by atoms with Crippen LogP contribution in [0.5, 0.6) is 0 Å². The van der Waals surface area contributed by atoms with Crippen LogP contribution in [0, 0.1) is 0 Å². The maximum Gasteiger partial charge on any atom is 0.0754 e. The molecule has 0 saturated carbocycles. The van der Waals surface area contributed by atoms with E-state index in [0.29, 0.717) is 0 Å². The standard InChI is InChI=1S/C41H27NS/c1-2-12-30(13-3-1)42-37-20-8-6-17-34(37)41(35-18-7-9-21-38(35)42)33-16-5-4-14-32(33)40-31(15-10-19-36(40)41)28-23-25-29(26-24-28)39-22-11-27-43-39/h1-27H. The van der Waals surface area contributed by atoms with Crippen molar-refractivity contribution in [3.05, 3.63) is 185 Å². The minimum atomic E-state index is -0.433. The summed E-state index contributed by atoms with van der Waals surface area (Å²) in [5.41, 5.74) is 14.9. The predicted molar refractivity (Wildman–Crippen MR) is 181 cm³/mol. The maximum absolute atomic E-state index is 2.43. The highest BCUT2D eigenvalue weighted by Gasteiger charge is 2.52. The van der Waals surface area contributed by atoms with Crippen molar-refractivity contribution in [1.29, 1.82) is 0 Å².